The molecule has 0 aromatic heterocycles. The molecule has 6 heteroatoms. The van der Waals surface area contributed by atoms with Crippen LogP contribution in [0.3, 0.4) is 0 Å². The standard InChI is InChI=1S/C14H22N2O3S/c1-4-8-16(3)20(17,18)13-6-7-14(19-9-5-2)12(10-13)11-15/h4,6-7,10H,1,5,8-9,11,15H2,2-3H3. The molecule has 1 aromatic carbocycles. The molecule has 0 radical (unpaired) electrons. The van der Waals surface area contributed by atoms with Crippen molar-refractivity contribution in [1.29, 1.82) is 0 Å². The first kappa shape index (κ1) is 16.7. The molecule has 0 saturated heterocycles. The summed E-state index contributed by atoms with van der Waals surface area (Å²) in [5.41, 5.74) is 6.35. The molecule has 0 unspecified atom stereocenters. The third-order valence-electron chi connectivity index (χ3n) is 2.81. The van der Waals surface area contributed by atoms with Gasteiger partial charge in [-0.2, -0.15) is 4.31 Å². The monoisotopic (exact) mass is 298 g/mol. The van der Waals surface area contributed by atoms with Gasteiger partial charge >= 0.3 is 0 Å². The van der Waals surface area contributed by atoms with Gasteiger partial charge in [-0.25, -0.2) is 8.42 Å². The zero-order chi connectivity index (χ0) is 15.2. The van der Waals surface area contributed by atoms with Gasteiger partial charge in [-0.1, -0.05) is 13.0 Å². The maximum Gasteiger partial charge on any atom is 0.243 e. The molecule has 0 aliphatic heterocycles. The highest BCUT2D eigenvalue weighted by Crippen LogP contribution is 2.24. The van der Waals surface area contributed by atoms with Crippen molar-refractivity contribution in [1.82, 2.24) is 4.31 Å². The second-order valence-corrected chi connectivity index (χ2v) is 6.44. The summed E-state index contributed by atoms with van der Waals surface area (Å²) in [6.45, 7) is 6.62. The minimum absolute atomic E-state index is 0.214. The summed E-state index contributed by atoms with van der Waals surface area (Å²) in [5.74, 6) is 0.639. The van der Waals surface area contributed by atoms with E-state index in [1.165, 1.54) is 11.4 Å². The average Bonchev–Trinajstić information content (AvgIpc) is 2.45. The van der Waals surface area contributed by atoms with Gasteiger partial charge in [0.05, 0.1) is 11.5 Å². The Morgan fingerprint density at radius 1 is 1.45 bits per heavy atom. The van der Waals surface area contributed by atoms with Crippen LogP contribution in [-0.4, -0.2) is 32.9 Å². The number of nitrogens with zero attached hydrogens (tertiary/aromatic N) is 1. The lowest BCUT2D eigenvalue weighted by Crippen LogP contribution is -2.27. The van der Waals surface area contributed by atoms with Crippen molar-refractivity contribution in [2.45, 2.75) is 24.8 Å². The highest BCUT2D eigenvalue weighted by molar-refractivity contribution is 7.89. The maximum absolute atomic E-state index is 12.3. The van der Waals surface area contributed by atoms with Crippen LogP contribution in [0.1, 0.15) is 18.9 Å². The number of sulfonamides is 1. The first-order valence-corrected chi connectivity index (χ1v) is 7.94. The van der Waals surface area contributed by atoms with E-state index in [0.29, 0.717) is 17.9 Å². The predicted molar refractivity (Wildman–Crippen MR) is 80.1 cm³/mol. The summed E-state index contributed by atoms with van der Waals surface area (Å²) in [6.07, 6.45) is 2.42. The fourth-order valence-corrected chi connectivity index (χ4v) is 2.88. The lowest BCUT2D eigenvalue weighted by Gasteiger charge is -2.17. The molecule has 20 heavy (non-hydrogen) atoms. The van der Waals surface area contributed by atoms with Crippen molar-refractivity contribution in [3.8, 4) is 5.75 Å². The van der Waals surface area contributed by atoms with Crippen LogP contribution < -0.4 is 10.5 Å². The van der Waals surface area contributed by atoms with Crippen molar-refractivity contribution >= 4 is 10.0 Å². The van der Waals surface area contributed by atoms with Crippen LogP contribution in [0.15, 0.2) is 35.7 Å². The van der Waals surface area contributed by atoms with E-state index >= 15 is 0 Å². The summed E-state index contributed by atoms with van der Waals surface area (Å²) in [7, 11) is -2.01. The normalized spacial score (nSPS) is 11.6. The van der Waals surface area contributed by atoms with Gasteiger partial charge in [-0.3, -0.25) is 0 Å². The van der Waals surface area contributed by atoms with Crippen LogP contribution in [0.2, 0.25) is 0 Å². The Morgan fingerprint density at radius 2 is 2.15 bits per heavy atom. The van der Waals surface area contributed by atoms with Gasteiger partial charge in [0.1, 0.15) is 5.75 Å². The summed E-state index contributed by atoms with van der Waals surface area (Å²) in [6, 6.07) is 4.77. The van der Waals surface area contributed by atoms with Crippen LogP contribution >= 0.6 is 0 Å². The number of hydrogen-bond acceptors (Lipinski definition) is 4. The molecule has 0 heterocycles. The number of rotatable bonds is 8. The SMILES string of the molecule is C=CCN(C)S(=O)(=O)c1ccc(OCCC)c(CN)c1. The minimum Gasteiger partial charge on any atom is -0.493 e. The molecular weight excluding hydrogens is 276 g/mol. The van der Waals surface area contributed by atoms with Gasteiger partial charge < -0.3 is 10.5 Å². The Kier molecular flexibility index (Phi) is 6.19. The molecule has 112 valence electrons. The highest BCUT2D eigenvalue weighted by Gasteiger charge is 2.20. The average molecular weight is 298 g/mol. The Morgan fingerprint density at radius 3 is 2.70 bits per heavy atom. The third-order valence-corrected chi connectivity index (χ3v) is 4.63. The van der Waals surface area contributed by atoms with Gasteiger partial charge in [0.2, 0.25) is 10.0 Å². The molecule has 1 rings (SSSR count). The van der Waals surface area contributed by atoms with Crippen LogP contribution in [-0.2, 0) is 16.6 Å². The van der Waals surface area contributed by atoms with Crippen molar-refractivity contribution in [3.63, 3.8) is 0 Å². The summed E-state index contributed by atoms with van der Waals surface area (Å²) in [5, 5.41) is 0. The van der Waals surface area contributed by atoms with E-state index in [0.717, 1.165) is 6.42 Å². The lowest BCUT2D eigenvalue weighted by molar-refractivity contribution is 0.314. The van der Waals surface area contributed by atoms with E-state index in [2.05, 4.69) is 6.58 Å². The van der Waals surface area contributed by atoms with E-state index in [9.17, 15) is 8.42 Å². The second kappa shape index (κ2) is 7.42. The summed E-state index contributed by atoms with van der Waals surface area (Å²) in [4.78, 5) is 0.214. The third kappa shape index (κ3) is 3.82. The molecule has 0 bridgehead atoms. The van der Waals surface area contributed by atoms with Crippen LogP contribution in [0.5, 0.6) is 5.75 Å². The van der Waals surface area contributed by atoms with Gasteiger partial charge in [0, 0.05) is 25.7 Å². The van der Waals surface area contributed by atoms with Crippen molar-refractivity contribution < 1.29 is 13.2 Å². The fraction of sp³-hybridized carbons (Fsp3) is 0.429. The Bertz CT molecular complexity index is 556. The fourth-order valence-electron chi connectivity index (χ4n) is 1.69. The van der Waals surface area contributed by atoms with Crippen molar-refractivity contribution in [2.75, 3.05) is 20.2 Å². The summed E-state index contributed by atoms with van der Waals surface area (Å²) < 4.78 is 31.4. The first-order valence-electron chi connectivity index (χ1n) is 6.50. The first-order chi connectivity index (χ1) is 9.47. The molecule has 0 aliphatic carbocycles. The smallest absolute Gasteiger partial charge is 0.243 e. The molecular formula is C14H22N2O3S. The Balaban J connectivity index is 3.11. The van der Waals surface area contributed by atoms with Crippen molar-refractivity contribution in [3.05, 3.63) is 36.4 Å². The molecule has 1 aromatic rings. The Hall–Kier alpha value is -1.37. The van der Waals surface area contributed by atoms with E-state index in [-0.39, 0.29) is 18.0 Å². The maximum atomic E-state index is 12.3. The highest BCUT2D eigenvalue weighted by atomic mass is 32.2. The van der Waals surface area contributed by atoms with E-state index in [4.69, 9.17) is 10.5 Å². The molecule has 0 fully saturated rings. The predicted octanol–water partition coefficient (Wildman–Crippen LogP) is 1.74. The van der Waals surface area contributed by atoms with Gasteiger partial charge in [-0.05, 0) is 24.6 Å². The van der Waals surface area contributed by atoms with Crippen molar-refractivity contribution in [2.24, 2.45) is 5.73 Å². The number of nitrogens with two attached hydrogens (primary N) is 1. The van der Waals surface area contributed by atoms with Gasteiger partial charge in [0.25, 0.3) is 0 Å². The van der Waals surface area contributed by atoms with E-state index in [1.54, 1.807) is 24.3 Å². The van der Waals surface area contributed by atoms with Gasteiger partial charge in [0.15, 0.2) is 0 Å². The summed E-state index contributed by atoms with van der Waals surface area (Å²) >= 11 is 0. The van der Waals surface area contributed by atoms with Gasteiger partial charge in [-0.15, -0.1) is 6.58 Å². The van der Waals surface area contributed by atoms with E-state index < -0.39 is 10.0 Å². The number of benzene rings is 1. The Labute approximate surface area is 121 Å². The molecule has 0 atom stereocenters. The molecule has 5 nitrogen and oxygen atoms in total. The zero-order valence-electron chi connectivity index (χ0n) is 12.0. The van der Waals surface area contributed by atoms with Crippen LogP contribution in [0.25, 0.3) is 0 Å². The molecule has 0 aliphatic rings. The number of ether oxygens (including phenoxy) is 1. The lowest BCUT2D eigenvalue weighted by atomic mass is 10.2. The quantitative estimate of drug-likeness (QED) is 0.742. The minimum atomic E-state index is -3.52. The van der Waals surface area contributed by atoms with Crippen LogP contribution in [0.4, 0.5) is 0 Å². The number of likely N-dealkylation sites (N-methyl/N-ethyl adjacent to an activating group) is 1. The van der Waals surface area contributed by atoms with E-state index in [1.807, 2.05) is 6.92 Å². The molecule has 0 saturated carbocycles. The number of hydrogen-bond donors (Lipinski definition) is 1. The second-order valence-electron chi connectivity index (χ2n) is 4.40. The molecule has 0 amide bonds. The molecule has 0 spiro atoms. The molecule has 2 N–H and O–H groups in total. The zero-order valence-corrected chi connectivity index (χ0v) is 12.8. The van der Waals surface area contributed by atoms with Crippen LogP contribution in [0, 0.1) is 0 Å². The topological polar surface area (TPSA) is 72.6 Å². The largest absolute Gasteiger partial charge is 0.493 e.